The summed E-state index contributed by atoms with van der Waals surface area (Å²) in [6, 6.07) is 12.0. The number of aryl methyl sites for hydroxylation is 1. The summed E-state index contributed by atoms with van der Waals surface area (Å²) in [4.78, 5) is 22.5. The van der Waals surface area contributed by atoms with Crippen molar-refractivity contribution in [3.8, 4) is 22.5 Å². The number of pyridine rings is 1. The zero-order chi connectivity index (χ0) is 25.5. The average Bonchev–Trinajstić information content (AvgIpc) is 3.61. The maximum Gasteiger partial charge on any atom is 0.217 e. The van der Waals surface area contributed by atoms with Gasteiger partial charge in [0.05, 0.1) is 0 Å². The number of nitrogens with zero attached hydrogens (tertiary/aromatic N) is 7. The number of aromatic amines is 1. The molecular weight excluding hydrogens is 464 g/mol. The van der Waals surface area contributed by atoms with Gasteiger partial charge in [-0.25, -0.2) is 14.8 Å². The normalized spacial score (nSPS) is 14.2. The number of rotatable bonds is 11. The molecule has 0 aliphatic heterocycles. The highest BCUT2D eigenvalue weighted by atomic mass is 16.1. The lowest BCUT2D eigenvalue weighted by Gasteiger charge is -2.19. The molecule has 37 heavy (non-hydrogen) atoms. The summed E-state index contributed by atoms with van der Waals surface area (Å²) in [5.41, 5.74) is 3.78. The van der Waals surface area contributed by atoms with Crippen molar-refractivity contribution in [1.29, 1.82) is 0 Å². The predicted octanol–water partition coefficient (Wildman–Crippen LogP) is 5.45. The summed E-state index contributed by atoms with van der Waals surface area (Å²) in [6.07, 6.45) is 12.2. The van der Waals surface area contributed by atoms with Crippen molar-refractivity contribution in [3.05, 3.63) is 59.9 Å². The van der Waals surface area contributed by atoms with E-state index in [1.165, 1.54) is 19.3 Å². The van der Waals surface area contributed by atoms with Crippen LogP contribution in [0.3, 0.4) is 0 Å². The zero-order valence-electron chi connectivity index (χ0n) is 21.4. The monoisotopic (exact) mass is 498 g/mol. The Morgan fingerprint density at radius 1 is 1.05 bits per heavy atom. The second kappa shape index (κ2) is 12.0. The van der Waals surface area contributed by atoms with Gasteiger partial charge in [-0.15, -0.1) is 10.2 Å². The minimum atomic E-state index is 0.0733. The van der Waals surface area contributed by atoms with Crippen molar-refractivity contribution in [2.75, 3.05) is 0 Å². The molecule has 4 aromatic rings. The fraction of sp³-hybridized carbons (Fsp3) is 0.464. The van der Waals surface area contributed by atoms with Gasteiger partial charge in [0.2, 0.25) is 11.6 Å². The molecular formula is C28H34N8O. The van der Waals surface area contributed by atoms with Crippen LogP contribution in [0.2, 0.25) is 0 Å². The molecule has 1 saturated carbocycles. The Morgan fingerprint density at radius 3 is 2.62 bits per heavy atom. The molecule has 3 heterocycles. The second-order valence-corrected chi connectivity index (χ2v) is 9.92. The van der Waals surface area contributed by atoms with Crippen molar-refractivity contribution in [1.82, 2.24) is 40.4 Å². The minimum absolute atomic E-state index is 0.0733. The zero-order valence-corrected chi connectivity index (χ0v) is 21.4. The highest BCUT2D eigenvalue weighted by Gasteiger charge is 2.22. The van der Waals surface area contributed by atoms with Gasteiger partial charge in [0.25, 0.3) is 0 Å². The van der Waals surface area contributed by atoms with Crippen LogP contribution in [-0.4, -0.2) is 46.2 Å². The van der Waals surface area contributed by atoms with E-state index in [1.807, 2.05) is 41.2 Å². The molecule has 9 nitrogen and oxygen atoms in total. The molecule has 1 fully saturated rings. The molecule has 5 rings (SSSR count). The van der Waals surface area contributed by atoms with Gasteiger partial charge in [-0.3, -0.25) is 9.78 Å². The van der Waals surface area contributed by atoms with E-state index >= 15 is 0 Å². The predicted molar refractivity (Wildman–Crippen MR) is 141 cm³/mol. The van der Waals surface area contributed by atoms with Crippen molar-refractivity contribution in [2.45, 2.75) is 77.7 Å². The molecule has 192 valence electrons. The Hall–Kier alpha value is -3.75. The number of H-pyrrole nitrogens is 1. The molecule has 1 aliphatic rings. The molecule has 0 spiro atoms. The van der Waals surface area contributed by atoms with Crippen LogP contribution in [0.15, 0.2) is 42.6 Å². The Labute approximate surface area is 217 Å². The number of carbonyl (C=O) groups excluding carboxylic acids is 1. The first kappa shape index (κ1) is 24.9. The van der Waals surface area contributed by atoms with E-state index in [-0.39, 0.29) is 5.78 Å². The molecule has 3 aromatic heterocycles. The fourth-order valence-electron chi connectivity index (χ4n) is 5.12. The lowest BCUT2D eigenvalue weighted by molar-refractivity contribution is 0.0939. The van der Waals surface area contributed by atoms with E-state index in [0.717, 1.165) is 66.9 Å². The largest absolute Gasteiger partial charge is 0.291 e. The van der Waals surface area contributed by atoms with Gasteiger partial charge in [0, 0.05) is 42.4 Å². The Morgan fingerprint density at radius 2 is 1.89 bits per heavy atom. The van der Waals surface area contributed by atoms with Gasteiger partial charge in [0.1, 0.15) is 5.82 Å². The Bertz CT molecular complexity index is 1290. The summed E-state index contributed by atoms with van der Waals surface area (Å²) < 4.78 is 1.92. The van der Waals surface area contributed by atoms with E-state index in [4.69, 9.17) is 9.97 Å². The van der Waals surface area contributed by atoms with E-state index < -0.39 is 0 Å². The van der Waals surface area contributed by atoms with Crippen molar-refractivity contribution < 1.29 is 4.79 Å². The van der Waals surface area contributed by atoms with Crippen LogP contribution in [0.25, 0.3) is 22.5 Å². The first-order valence-corrected chi connectivity index (χ1v) is 13.5. The first-order chi connectivity index (χ1) is 18.2. The van der Waals surface area contributed by atoms with Crippen LogP contribution in [0.1, 0.15) is 86.8 Å². The van der Waals surface area contributed by atoms with E-state index in [9.17, 15) is 4.79 Å². The van der Waals surface area contributed by atoms with Crippen LogP contribution >= 0.6 is 0 Å². The molecule has 0 radical (unpaired) electrons. The number of carbonyl (C=O) groups is 1. The highest BCUT2D eigenvalue weighted by molar-refractivity contribution is 5.92. The standard InChI is InChI=1S/C28H34N8O/c1-2-3-9-16-36-26(30-28(33-36)25(37)17-20-10-5-4-6-11-20)18-22-15-14-21(19-29-22)23-12-7-8-13-24(23)27-31-34-35-32-27/h7-8,12-15,19-20H,2-6,9-11,16-18H2,1H3,(H,31,32,34,35). The van der Waals surface area contributed by atoms with Gasteiger partial charge in [-0.2, -0.15) is 0 Å². The number of tetrazole rings is 1. The van der Waals surface area contributed by atoms with E-state index in [2.05, 4.69) is 38.7 Å². The summed E-state index contributed by atoms with van der Waals surface area (Å²) in [7, 11) is 0. The lowest BCUT2D eigenvalue weighted by atomic mass is 9.86. The van der Waals surface area contributed by atoms with Crippen LogP contribution in [0.5, 0.6) is 0 Å². The third kappa shape index (κ3) is 6.15. The van der Waals surface area contributed by atoms with Crippen LogP contribution in [0, 0.1) is 5.92 Å². The topological polar surface area (TPSA) is 115 Å². The number of ketones is 1. The summed E-state index contributed by atoms with van der Waals surface area (Å²) in [5, 5.41) is 18.9. The molecule has 0 saturated heterocycles. The van der Waals surface area contributed by atoms with Crippen LogP contribution < -0.4 is 0 Å². The maximum atomic E-state index is 13.0. The van der Waals surface area contributed by atoms with Crippen molar-refractivity contribution in [3.63, 3.8) is 0 Å². The molecule has 0 bridgehead atoms. The van der Waals surface area contributed by atoms with Gasteiger partial charge < -0.3 is 0 Å². The fourth-order valence-corrected chi connectivity index (χ4v) is 5.12. The summed E-state index contributed by atoms with van der Waals surface area (Å²) in [5.74, 6) is 2.33. The van der Waals surface area contributed by atoms with Gasteiger partial charge in [-0.05, 0) is 34.4 Å². The first-order valence-electron chi connectivity index (χ1n) is 13.5. The number of hydrogen-bond donors (Lipinski definition) is 1. The third-order valence-electron chi connectivity index (χ3n) is 7.17. The molecule has 1 aliphatic carbocycles. The van der Waals surface area contributed by atoms with Gasteiger partial charge >= 0.3 is 0 Å². The molecule has 0 unspecified atom stereocenters. The maximum absolute atomic E-state index is 13.0. The SMILES string of the molecule is CCCCCn1nc(C(=O)CC2CCCCC2)nc1Cc1ccc(-c2ccccc2-c2nnn[nH]2)cn1. The Balaban J connectivity index is 1.34. The number of benzene rings is 1. The van der Waals surface area contributed by atoms with Crippen LogP contribution in [0.4, 0.5) is 0 Å². The molecule has 0 amide bonds. The summed E-state index contributed by atoms with van der Waals surface area (Å²) in [6.45, 7) is 2.95. The molecule has 0 atom stereocenters. The number of hydrogen-bond acceptors (Lipinski definition) is 7. The molecule has 1 aromatic carbocycles. The van der Waals surface area contributed by atoms with Gasteiger partial charge in [-0.1, -0.05) is 82.2 Å². The third-order valence-corrected chi connectivity index (χ3v) is 7.17. The minimum Gasteiger partial charge on any atom is -0.291 e. The van der Waals surface area contributed by atoms with Gasteiger partial charge in [0.15, 0.2) is 5.82 Å². The average molecular weight is 499 g/mol. The van der Waals surface area contributed by atoms with Crippen molar-refractivity contribution >= 4 is 5.78 Å². The van der Waals surface area contributed by atoms with E-state index in [0.29, 0.717) is 30.4 Å². The lowest BCUT2D eigenvalue weighted by Crippen LogP contribution is -2.13. The highest BCUT2D eigenvalue weighted by Crippen LogP contribution is 2.30. The second-order valence-electron chi connectivity index (χ2n) is 9.92. The van der Waals surface area contributed by atoms with Crippen molar-refractivity contribution in [2.24, 2.45) is 5.92 Å². The smallest absolute Gasteiger partial charge is 0.217 e. The number of aromatic nitrogens is 8. The Kier molecular flexibility index (Phi) is 8.08. The quantitative estimate of drug-likeness (QED) is 0.216. The molecule has 1 N–H and O–H groups in total. The number of nitrogens with one attached hydrogen (secondary N) is 1. The number of unbranched alkanes of at least 4 members (excludes halogenated alkanes) is 2. The summed E-state index contributed by atoms with van der Waals surface area (Å²) >= 11 is 0. The molecule has 9 heteroatoms. The van der Waals surface area contributed by atoms with E-state index in [1.54, 1.807) is 0 Å². The van der Waals surface area contributed by atoms with Crippen LogP contribution in [-0.2, 0) is 13.0 Å². The number of Topliss-reactive ketones (excluding diaryl/α,β-unsaturated/α-hetero) is 1.